The van der Waals surface area contributed by atoms with Crippen LogP contribution in [0.25, 0.3) is 0 Å². The number of aliphatic hydroxyl groups is 1. The summed E-state index contributed by atoms with van der Waals surface area (Å²) in [4.78, 5) is 13.6. The van der Waals surface area contributed by atoms with E-state index in [1.165, 1.54) is 0 Å². The number of nitrogens with zero attached hydrogens (tertiary/aromatic N) is 1. The van der Waals surface area contributed by atoms with Crippen molar-refractivity contribution in [1.82, 2.24) is 10.2 Å². The smallest absolute Gasteiger partial charge is 0.227 e. The molecule has 3 atom stereocenters. The highest BCUT2D eigenvalue weighted by Crippen LogP contribution is 2.18. The van der Waals surface area contributed by atoms with Gasteiger partial charge in [0.25, 0.3) is 0 Å². The van der Waals surface area contributed by atoms with E-state index in [1.807, 2.05) is 13.8 Å². The first kappa shape index (κ1) is 11.5. The topological polar surface area (TPSA) is 52.6 Å². The first-order valence-corrected chi connectivity index (χ1v) is 5.18. The first-order valence-electron chi connectivity index (χ1n) is 5.18. The second kappa shape index (κ2) is 4.75. The number of amides is 1. The van der Waals surface area contributed by atoms with E-state index in [4.69, 9.17) is 5.11 Å². The van der Waals surface area contributed by atoms with Crippen molar-refractivity contribution in [2.75, 3.05) is 20.2 Å². The molecule has 1 rings (SSSR count). The first-order chi connectivity index (χ1) is 6.57. The summed E-state index contributed by atoms with van der Waals surface area (Å²) < 4.78 is 0. The van der Waals surface area contributed by atoms with Crippen LogP contribution in [0.4, 0.5) is 0 Å². The molecule has 4 heteroatoms. The molecule has 3 unspecified atom stereocenters. The van der Waals surface area contributed by atoms with E-state index in [2.05, 4.69) is 5.32 Å². The van der Waals surface area contributed by atoms with Crippen LogP contribution in [0.5, 0.6) is 0 Å². The quantitative estimate of drug-likeness (QED) is 0.664. The van der Waals surface area contributed by atoms with Crippen molar-refractivity contribution in [3.05, 3.63) is 0 Å². The van der Waals surface area contributed by atoms with Crippen LogP contribution in [-0.4, -0.2) is 48.2 Å². The van der Waals surface area contributed by atoms with E-state index in [1.54, 1.807) is 11.9 Å². The molecule has 1 saturated heterocycles. The summed E-state index contributed by atoms with van der Waals surface area (Å²) in [6.45, 7) is 4.83. The minimum atomic E-state index is -0.0877. The Labute approximate surface area is 85.3 Å². The molecule has 0 aliphatic carbocycles. The van der Waals surface area contributed by atoms with Gasteiger partial charge < -0.3 is 15.3 Å². The summed E-state index contributed by atoms with van der Waals surface area (Å²) >= 11 is 0. The van der Waals surface area contributed by atoms with Crippen molar-refractivity contribution >= 4 is 5.91 Å². The lowest BCUT2D eigenvalue weighted by Crippen LogP contribution is -2.43. The zero-order valence-corrected chi connectivity index (χ0v) is 9.16. The zero-order valence-electron chi connectivity index (χ0n) is 9.16. The second-order valence-electron chi connectivity index (χ2n) is 4.12. The third kappa shape index (κ3) is 2.25. The number of rotatable bonds is 3. The minimum Gasteiger partial charge on any atom is -0.394 e. The third-order valence-electron chi connectivity index (χ3n) is 3.12. The monoisotopic (exact) mass is 200 g/mol. The lowest BCUT2D eigenvalue weighted by molar-refractivity contribution is -0.136. The highest BCUT2D eigenvalue weighted by Gasteiger charge is 2.32. The van der Waals surface area contributed by atoms with Gasteiger partial charge in [0.2, 0.25) is 5.91 Å². The van der Waals surface area contributed by atoms with Crippen molar-refractivity contribution in [3.8, 4) is 0 Å². The maximum atomic E-state index is 11.9. The van der Waals surface area contributed by atoms with Crippen LogP contribution >= 0.6 is 0 Å². The van der Waals surface area contributed by atoms with E-state index in [9.17, 15) is 4.79 Å². The summed E-state index contributed by atoms with van der Waals surface area (Å²) in [7, 11) is 1.76. The van der Waals surface area contributed by atoms with E-state index in [0.29, 0.717) is 0 Å². The Morgan fingerprint density at radius 1 is 1.71 bits per heavy atom. The number of likely N-dealkylation sites (N-methyl/N-ethyl adjacent to an activating group) is 1. The van der Waals surface area contributed by atoms with Crippen LogP contribution in [0, 0.1) is 5.92 Å². The summed E-state index contributed by atoms with van der Waals surface area (Å²) in [5, 5.41) is 12.2. The number of hydrogen-bond donors (Lipinski definition) is 2. The Bertz CT molecular complexity index is 208. The third-order valence-corrected chi connectivity index (χ3v) is 3.12. The largest absolute Gasteiger partial charge is 0.394 e. The fourth-order valence-corrected chi connectivity index (χ4v) is 1.80. The van der Waals surface area contributed by atoms with Crippen LogP contribution in [0.15, 0.2) is 0 Å². The molecule has 2 N–H and O–H groups in total. The van der Waals surface area contributed by atoms with E-state index >= 15 is 0 Å². The highest BCUT2D eigenvalue weighted by atomic mass is 16.3. The summed E-state index contributed by atoms with van der Waals surface area (Å²) in [5.41, 5.74) is 0. The highest BCUT2D eigenvalue weighted by molar-refractivity contribution is 5.79. The van der Waals surface area contributed by atoms with Crippen LogP contribution in [0.3, 0.4) is 0 Å². The molecule has 1 aliphatic heterocycles. The van der Waals surface area contributed by atoms with Gasteiger partial charge in [-0.25, -0.2) is 0 Å². The van der Waals surface area contributed by atoms with Gasteiger partial charge in [0.15, 0.2) is 0 Å². The molecular weight excluding hydrogens is 180 g/mol. The van der Waals surface area contributed by atoms with Gasteiger partial charge in [0.1, 0.15) is 0 Å². The normalized spacial score (nSPS) is 28.9. The van der Waals surface area contributed by atoms with Gasteiger partial charge in [-0.3, -0.25) is 4.79 Å². The average Bonchev–Trinajstić information content (AvgIpc) is 2.61. The molecule has 0 aromatic carbocycles. The standard InChI is InChI=1S/C10H20N2O2/c1-7(6-13)12(3)10(14)9-4-5-11-8(9)2/h7-9,11,13H,4-6H2,1-3H3. The predicted octanol–water partition coefficient (Wildman–Crippen LogP) is -0.176. The maximum Gasteiger partial charge on any atom is 0.227 e. The number of nitrogens with one attached hydrogen (secondary N) is 1. The average molecular weight is 200 g/mol. The molecule has 1 heterocycles. The van der Waals surface area contributed by atoms with Crippen molar-refractivity contribution < 1.29 is 9.90 Å². The van der Waals surface area contributed by atoms with Gasteiger partial charge in [-0.1, -0.05) is 0 Å². The Hall–Kier alpha value is -0.610. The second-order valence-corrected chi connectivity index (χ2v) is 4.12. The van der Waals surface area contributed by atoms with Gasteiger partial charge in [-0.15, -0.1) is 0 Å². The molecule has 1 aliphatic rings. The minimum absolute atomic E-state index is 0.0246. The maximum absolute atomic E-state index is 11.9. The Kier molecular flexibility index (Phi) is 3.89. The fraction of sp³-hybridized carbons (Fsp3) is 0.900. The summed E-state index contributed by atoms with van der Waals surface area (Å²) in [6, 6.07) is 0.172. The van der Waals surface area contributed by atoms with E-state index in [-0.39, 0.29) is 30.5 Å². The van der Waals surface area contributed by atoms with Crippen LogP contribution in [-0.2, 0) is 4.79 Å². The molecule has 0 bridgehead atoms. The van der Waals surface area contributed by atoms with E-state index < -0.39 is 0 Å². The Morgan fingerprint density at radius 3 is 2.79 bits per heavy atom. The van der Waals surface area contributed by atoms with Crippen LogP contribution < -0.4 is 5.32 Å². The van der Waals surface area contributed by atoms with Crippen molar-refractivity contribution in [2.45, 2.75) is 32.4 Å². The summed E-state index contributed by atoms with van der Waals surface area (Å²) in [5.74, 6) is 0.220. The molecule has 0 aromatic heterocycles. The van der Waals surface area contributed by atoms with Gasteiger partial charge in [0, 0.05) is 13.1 Å². The van der Waals surface area contributed by atoms with Crippen LogP contribution in [0.1, 0.15) is 20.3 Å². The molecule has 0 spiro atoms. The molecule has 4 nitrogen and oxygen atoms in total. The Balaban J connectivity index is 2.55. The van der Waals surface area contributed by atoms with Crippen molar-refractivity contribution in [3.63, 3.8) is 0 Å². The number of carbonyl (C=O) groups is 1. The molecule has 0 aromatic rings. The molecule has 82 valence electrons. The SMILES string of the molecule is CC1NCCC1C(=O)N(C)C(C)CO. The van der Waals surface area contributed by atoms with Crippen LogP contribution in [0.2, 0.25) is 0 Å². The Morgan fingerprint density at radius 2 is 2.36 bits per heavy atom. The molecule has 0 radical (unpaired) electrons. The fourth-order valence-electron chi connectivity index (χ4n) is 1.80. The molecule has 1 amide bonds. The lowest BCUT2D eigenvalue weighted by atomic mass is 10.00. The molecular formula is C10H20N2O2. The van der Waals surface area contributed by atoms with Gasteiger partial charge in [-0.2, -0.15) is 0 Å². The van der Waals surface area contributed by atoms with Crippen molar-refractivity contribution in [2.24, 2.45) is 5.92 Å². The zero-order chi connectivity index (χ0) is 10.7. The molecule has 0 saturated carbocycles. The predicted molar refractivity (Wildman–Crippen MR) is 54.9 cm³/mol. The van der Waals surface area contributed by atoms with Gasteiger partial charge in [0.05, 0.1) is 18.6 Å². The van der Waals surface area contributed by atoms with Crippen molar-refractivity contribution in [1.29, 1.82) is 0 Å². The van der Waals surface area contributed by atoms with E-state index in [0.717, 1.165) is 13.0 Å². The van der Waals surface area contributed by atoms with Gasteiger partial charge in [-0.05, 0) is 26.8 Å². The lowest BCUT2D eigenvalue weighted by Gasteiger charge is -2.27. The van der Waals surface area contributed by atoms with Gasteiger partial charge >= 0.3 is 0 Å². The number of aliphatic hydroxyl groups excluding tert-OH is 1. The molecule has 1 fully saturated rings. The molecule has 14 heavy (non-hydrogen) atoms. The summed E-state index contributed by atoms with van der Waals surface area (Å²) in [6.07, 6.45) is 0.905. The number of carbonyl (C=O) groups excluding carboxylic acids is 1. The number of hydrogen-bond acceptors (Lipinski definition) is 3.